The summed E-state index contributed by atoms with van der Waals surface area (Å²) < 4.78 is 0. The largest absolute Gasteiger partial charge is 0.342 e. The molecule has 1 heterocycles. The second kappa shape index (κ2) is 6.32. The van der Waals surface area contributed by atoms with Crippen LogP contribution in [-0.4, -0.2) is 10.9 Å². The number of amides is 1. The molecule has 1 aromatic carbocycles. The molecule has 2 aromatic rings. The Morgan fingerprint density at radius 2 is 2.10 bits per heavy atom. The van der Waals surface area contributed by atoms with Crippen molar-refractivity contribution < 1.29 is 4.79 Å². The summed E-state index contributed by atoms with van der Waals surface area (Å²) >= 11 is 13.3. The number of aromatic nitrogens is 1. The third-order valence-electron chi connectivity index (χ3n) is 3.03. The summed E-state index contributed by atoms with van der Waals surface area (Å²) in [7, 11) is 0. The third-order valence-corrected chi connectivity index (χ3v) is 4.64. The Hall–Kier alpha value is -1.14. The van der Waals surface area contributed by atoms with E-state index in [9.17, 15) is 4.79 Å². The van der Waals surface area contributed by atoms with E-state index in [0.29, 0.717) is 22.3 Å². The summed E-state index contributed by atoms with van der Waals surface area (Å²) in [6.07, 6.45) is 0. The van der Waals surface area contributed by atoms with E-state index in [-0.39, 0.29) is 5.91 Å². The summed E-state index contributed by atoms with van der Waals surface area (Å²) in [6.45, 7) is 4.11. The maximum absolute atomic E-state index is 12.2. The number of thiazole rings is 1. The van der Waals surface area contributed by atoms with Crippen LogP contribution in [0.1, 0.15) is 34.9 Å². The Bertz CT molecular complexity index is 670. The lowest BCUT2D eigenvalue weighted by atomic mass is 9.94. The van der Waals surface area contributed by atoms with Crippen LogP contribution in [0.2, 0.25) is 10.0 Å². The zero-order valence-corrected chi connectivity index (χ0v) is 13.9. The number of carbonyl (C=O) groups is 1. The molecule has 0 fully saturated rings. The Morgan fingerprint density at radius 1 is 1.38 bits per heavy atom. The van der Waals surface area contributed by atoms with Crippen molar-refractivity contribution in [2.24, 2.45) is 5.73 Å². The van der Waals surface area contributed by atoms with Crippen molar-refractivity contribution >= 4 is 40.4 Å². The Balaban J connectivity index is 2.19. The van der Waals surface area contributed by atoms with Gasteiger partial charge in [-0.2, -0.15) is 0 Å². The summed E-state index contributed by atoms with van der Waals surface area (Å²) in [6, 6.07) is 5.29. The Labute approximate surface area is 137 Å². The molecule has 4 nitrogen and oxygen atoms in total. The summed E-state index contributed by atoms with van der Waals surface area (Å²) in [5, 5.41) is 6.30. The van der Waals surface area contributed by atoms with Gasteiger partial charge in [0.15, 0.2) is 0 Å². The van der Waals surface area contributed by atoms with Crippen molar-refractivity contribution in [2.75, 3.05) is 0 Å². The van der Waals surface area contributed by atoms with Crippen LogP contribution in [0, 0.1) is 0 Å². The normalized spacial score (nSPS) is 11.5. The highest BCUT2D eigenvalue weighted by Crippen LogP contribution is 2.28. The first kappa shape index (κ1) is 16.2. The van der Waals surface area contributed by atoms with Crippen molar-refractivity contribution in [3.05, 3.63) is 49.9 Å². The van der Waals surface area contributed by atoms with E-state index in [1.165, 1.54) is 11.3 Å². The molecule has 0 radical (unpaired) electrons. The Kier molecular flexibility index (Phi) is 4.88. The maximum Gasteiger partial charge on any atom is 0.271 e. The topological polar surface area (TPSA) is 68.0 Å². The number of nitrogens with one attached hydrogen (secondary N) is 1. The van der Waals surface area contributed by atoms with E-state index in [2.05, 4.69) is 10.3 Å². The Morgan fingerprint density at radius 3 is 2.67 bits per heavy atom. The molecule has 0 saturated heterocycles. The van der Waals surface area contributed by atoms with Crippen molar-refractivity contribution in [2.45, 2.75) is 25.9 Å². The van der Waals surface area contributed by atoms with Gasteiger partial charge in [0, 0.05) is 11.9 Å². The highest BCUT2D eigenvalue weighted by molar-refractivity contribution is 7.09. The van der Waals surface area contributed by atoms with Gasteiger partial charge < -0.3 is 11.1 Å². The van der Waals surface area contributed by atoms with E-state index in [0.717, 1.165) is 10.6 Å². The number of halogens is 2. The van der Waals surface area contributed by atoms with Crippen LogP contribution in [0.4, 0.5) is 0 Å². The summed E-state index contributed by atoms with van der Waals surface area (Å²) in [5.74, 6) is -0.248. The number of benzene rings is 1. The number of hydrogen-bond acceptors (Lipinski definition) is 4. The molecule has 1 aromatic heterocycles. The fourth-order valence-electron chi connectivity index (χ4n) is 1.81. The lowest BCUT2D eigenvalue weighted by molar-refractivity contribution is 0.0907. The molecule has 0 unspecified atom stereocenters. The monoisotopic (exact) mass is 343 g/mol. The van der Waals surface area contributed by atoms with E-state index < -0.39 is 5.54 Å². The van der Waals surface area contributed by atoms with Crippen molar-refractivity contribution in [1.29, 1.82) is 0 Å². The molecular formula is C14H15Cl2N3OS. The second-order valence-electron chi connectivity index (χ2n) is 5.04. The van der Waals surface area contributed by atoms with Crippen LogP contribution in [0.5, 0.6) is 0 Å². The molecule has 0 aliphatic carbocycles. The summed E-state index contributed by atoms with van der Waals surface area (Å²) in [5.41, 5.74) is 6.13. The first-order chi connectivity index (χ1) is 9.83. The van der Waals surface area contributed by atoms with Crippen molar-refractivity contribution in [1.82, 2.24) is 10.3 Å². The zero-order valence-electron chi connectivity index (χ0n) is 11.6. The number of rotatable bonds is 4. The minimum absolute atomic E-state index is 0.248. The van der Waals surface area contributed by atoms with Crippen LogP contribution in [0.3, 0.4) is 0 Å². The lowest BCUT2D eigenvalue weighted by Crippen LogP contribution is -2.41. The van der Waals surface area contributed by atoms with Gasteiger partial charge in [-0.3, -0.25) is 4.79 Å². The smallest absolute Gasteiger partial charge is 0.271 e. The molecule has 0 aliphatic heterocycles. The molecule has 112 valence electrons. The van der Waals surface area contributed by atoms with Crippen molar-refractivity contribution in [3.8, 4) is 0 Å². The van der Waals surface area contributed by atoms with Gasteiger partial charge in [0.1, 0.15) is 10.7 Å². The number of carbonyl (C=O) groups excluding carboxylic acids is 1. The molecule has 2 rings (SSSR count). The fourth-order valence-corrected chi connectivity index (χ4v) is 2.77. The molecule has 0 bridgehead atoms. The quantitative estimate of drug-likeness (QED) is 0.891. The predicted octanol–water partition coefficient (Wildman–Crippen LogP) is 3.57. The van der Waals surface area contributed by atoms with E-state index in [4.69, 9.17) is 28.9 Å². The van der Waals surface area contributed by atoms with Gasteiger partial charge in [0.2, 0.25) is 0 Å². The maximum atomic E-state index is 12.2. The molecule has 0 saturated carbocycles. The van der Waals surface area contributed by atoms with Crippen LogP contribution in [0.15, 0.2) is 23.6 Å². The van der Waals surface area contributed by atoms with Gasteiger partial charge in [-0.1, -0.05) is 29.3 Å². The molecule has 0 spiro atoms. The second-order valence-corrected chi connectivity index (χ2v) is 6.80. The third kappa shape index (κ3) is 3.74. The molecule has 0 atom stereocenters. The van der Waals surface area contributed by atoms with Gasteiger partial charge in [-0.05, 0) is 31.5 Å². The minimum atomic E-state index is -0.599. The first-order valence-electron chi connectivity index (χ1n) is 6.26. The first-order valence-corrected chi connectivity index (χ1v) is 7.89. The highest BCUT2D eigenvalue weighted by Gasteiger charge is 2.25. The average molecular weight is 344 g/mol. The number of nitrogens with two attached hydrogens (primary N) is 1. The van der Waals surface area contributed by atoms with Crippen LogP contribution < -0.4 is 11.1 Å². The molecule has 7 heteroatoms. The standard InChI is InChI=1S/C14H15Cl2N3OS/c1-14(2,8-3-4-9(15)10(16)5-8)19-13(20)11-7-21-12(6-17)18-11/h3-5,7H,6,17H2,1-2H3,(H,19,20). The van der Waals surface area contributed by atoms with Gasteiger partial charge in [0.25, 0.3) is 5.91 Å². The number of hydrogen-bond donors (Lipinski definition) is 2. The van der Waals surface area contributed by atoms with E-state index in [1.807, 2.05) is 19.9 Å². The van der Waals surface area contributed by atoms with Crippen molar-refractivity contribution in [3.63, 3.8) is 0 Å². The van der Waals surface area contributed by atoms with Gasteiger partial charge >= 0.3 is 0 Å². The summed E-state index contributed by atoms with van der Waals surface area (Å²) in [4.78, 5) is 16.4. The minimum Gasteiger partial charge on any atom is -0.342 e. The highest BCUT2D eigenvalue weighted by atomic mass is 35.5. The van der Waals surface area contributed by atoms with Gasteiger partial charge in [-0.25, -0.2) is 4.98 Å². The zero-order chi connectivity index (χ0) is 15.6. The molecule has 21 heavy (non-hydrogen) atoms. The van der Waals surface area contributed by atoms with Gasteiger partial charge in [-0.15, -0.1) is 11.3 Å². The fraction of sp³-hybridized carbons (Fsp3) is 0.286. The molecule has 0 aliphatic rings. The average Bonchev–Trinajstić information content (AvgIpc) is 2.90. The van der Waals surface area contributed by atoms with E-state index >= 15 is 0 Å². The SMILES string of the molecule is CC(C)(NC(=O)c1csc(CN)n1)c1ccc(Cl)c(Cl)c1. The van der Waals surface area contributed by atoms with Gasteiger partial charge in [0.05, 0.1) is 15.6 Å². The molecule has 3 N–H and O–H groups in total. The predicted molar refractivity (Wildman–Crippen MR) is 87.0 cm³/mol. The lowest BCUT2D eigenvalue weighted by Gasteiger charge is -2.27. The van der Waals surface area contributed by atoms with Crippen LogP contribution >= 0.6 is 34.5 Å². The number of nitrogens with zero attached hydrogens (tertiary/aromatic N) is 1. The van der Waals surface area contributed by atoms with Crippen LogP contribution in [0.25, 0.3) is 0 Å². The van der Waals surface area contributed by atoms with E-state index in [1.54, 1.807) is 17.5 Å². The molecule has 1 amide bonds. The molecular weight excluding hydrogens is 329 g/mol. The van der Waals surface area contributed by atoms with Crippen LogP contribution in [-0.2, 0) is 12.1 Å².